The molecule has 1 amide bonds. The summed E-state index contributed by atoms with van der Waals surface area (Å²) in [6.07, 6.45) is 0.278. The van der Waals surface area contributed by atoms with Gasteiger partial charge in [0.2, 0.25) is 0 Å². The van der Waals surface area contributed by atoms with Crippen LogP contribution in [0.3, 0.4) is 0 Å². The number of carboxylic acids is 1. The van der Waals surface area contributed by atoms with Crippen molar-refractivity contribution < 1.29 is 28.9 Å². The van der Waals surface area contributed by atoms with Gasteiger partial charge in [0.05, 0.1) is 26.7 Å². The summed E-state index contributed by atoms with van der Waals surface area (Å²) in [6.45, 7) is 0.426. The molecule has 2 heterocycles. The predicted molar refractivity (Wildman–Crippen MR) is 105 cm³/mol. The summed E-state index contributed by atoms with van der Waals surface area (Å²) >= 11 is 0. The Morgan fingerprint density at radius 2 is 1.86 bits per heavy atom. The highest BCUT2D eigenvalue weighted by Crippen LogP contribution is 2.40. The van der Waals surface area contributed by atoms with Crippen molar-refractivity contribution in [2.45, 2.75) is 31.4 Å². The molecule has 0 spiro atoms. The van der Waals surface area contributed by atoms with Crippen molar-refractivity contribution in [2.75, 3.05) is 20.8 Å². The van der Waals surface area contributed by atoms with Gasteiger partial charge in [0.15, 0.2) is 17.6 Å². The predicted octanol–water partition coefficient (Wildman–Crippen LogP) is 2.61. The largest absolute Gasteiger partial charge is 0.493 e. The molecule has 0 saturated carbocycles. The molecule has 4 rings (SSSR count). The van der Waals surface area contributed by atoms with Crippen LogP contribution in [0.25, 0.3) is 0 Å². The summed E-state index contributed by atoms with van der Waals surface area (Å²) < 4.78 is 16.6. The highest BCUT2D eigenvalue weighted by Gasteiger charge is 2.39. The second-order valence-electron chi connectivity index (χ2n) is 7.22. The number of ether oxygens (including phenoxy) is 3. The molecule has 29 heavy (non-hydrogen) atoms. The third-order valence-corrected chi connectivity index (χ3v) is 5.58. The van der Waals surface area contributed by atoms with Gasteiger partial charge in [-0.05, 0) is 41.3 Å². The average molecular weight is 397 g/mol. The first kappa shape index (κ1) is 19.1. The summed E-state index contributed by atoms with van der Waals surface area (Å²) in [7, 11) is 3.10. The van der Waals surface area contributed by atoms with Crippen LogP contribution in [0.15, 0.2) is 36.4 Å². The minimum Gasteiger partial charge on any atom is -0.493 e. The van der Waals surface area contributed by atoms with E-state index in [-0.39, 0.29) is 12.3 Å². The number of rotatable bonds is 5. The van der Waals surface area contributed by atoms with Gasteiger partial charge in [-0.3, -0.25) is 9.59 Å². The summed E-state index contributed by atoms with van der Waals surface area (Å²) in [5.41, 5.74) is 2.73. The molecule has 0 unspecified atom stereocenters. The molecular weight excluding hydrogens is 374 g/mol. The van der Waals surface area contributed by atoms with Gasteiger partial charge in [-0.1, -0.05) is 18.2 Å². The smallest absolute Gasteiger partial charge is 0.305 e. The van der Waals surface area contributed by atoms with Gasteiger partial charge in [0, 0.05) is 13.0 Å². The van der Waals surface area contributed by atoms with E-state index in [2.05, 4.69) is 0 Å². The Labute approximate surface area is 168 Å². The van der Waals surface area contributed by atoms with Crippen molar-refractivity contribution in [3.63, 3.8) is 0 Å². The molecule has 152 valence electrons. The van der Waals surface area contributed by atoms with Gasteiger partial charge >= 0.3 is 5.97 Å². The summed E-state index contributed by atoms with van der Waals surface area (Å²) in [4.78, 5) is 26.5. The third-order valence-electron chi connectivity index (χ3n) is 5.58. The molecule has 2 aromatic rings. The number of para-hydroxylation sites is 1. The van der Waals surface area contributed by atoms with E-state index < -0.39 is 18.1 Å². The highest BCUT2D eigenvalue weighted by molar-refractivity contribution is 5.84. The Hall–Kier alpha value is -3.22. The normalized spacial score (nSPS) is 19.7. The maximum atomic E-state index is 13.3. The number of methoxy groups -OCH3 is 2. The third kappa shape index (κ3) is 3.48. The first-order valence-corrected chi connectivity index (χ1v) is 9.53. The fourth-order valence-electron chi connectivity index (χ4n) is 4.18. The summed E-state index contributed by atoms with van der Waals surface area (Å²) in [6, 6.07) is 10.6. The van der Waals surface area contributed by atoms with Crippen LogP contribution in [-0.4, -0.2) is 48.8 Å². The number of fused-ring (bicyclic) bond motifs is 2. The molecule has 7 heteroatoms. The minimum atomic E-state index is -0.967. The molecule has 2 atom stereocenters. The lowest BCUT2D eigenvalue weighted by Crippen LogP contribution is -2.47. The van der Waals surface area contributed by atoms with Gasteiger partial charge in [-0.15, -0.1) is 0 Å². The van der Waals surface area contributed by atoms with E-state index in [1.807, 2.05) is 30.3 Å². The molecule has 0 bridgehead atoms. The molecule has 0 fully saturated rings. The van der Waals surface area contributed by atoms with Crippen molar-refractivity contribution in [3.8, 4) is 17.2 Å². The van der Waals surface area contributed by atoms with Crippen LogP contribution in [-0.2, 0) is 22.4 Å². The Morgan fingerprint density at radius 3 is 2.55 bits per heavy atom. The molecule has 0 aliphatic carbocycles. The maximum absolute atomic E-state index is 13.3. The van der Waals surface area contributed by atoms with Gasteiger partial charge in [0.1, 0.15) is 5.75 Å². The van der Waals surface area contributed by atoms with E-state index in [0.29, 0.717) is 36.6 Å². The number of amides is 1. The molecule has 7 nitrogen and oxygen atoms in total. The zero-order valence-corrected chi connectivity index (χ0v) is 16.4. The van der Waals surface area contributed by atoms with Crippen molar-refractivity contribution in [2.24, 2.45) is 0 Å². The fourth-order valence-corrected chi connectivity index (χ4v) is 4.18. The summed E-state index contributed by atoms with van der Waals surface area (Å²) in [5.74, 6) is 0.665. The molecule has 1 N–H and O–H groups in total. The molecule has 2 aromatic carbocycles. The molecule has 0 radical (unpaired) electrons. The van der Waals surface area contributed by atoms with Gasteiger partial charge < -0.3 is 24.2 Å². The number of aliphatic carboxylic acids is 1. The molecule has 0 aromatic heterocycles. The van der Waals surface area contributed by atoms with Gasteiger partial charge in [0.25, 0.3) is 5.91 Å². The van der Waals surface area contributed by atoms with Crippen molar-refractivity contribution in [1.29, 1.82) is 0 Å². The number of hydrogen-bond donors (Lipinski definition) is 1. The Morgan fingerprint density at radius 1 is 1.14 bits per heavy atom. The van der Waals surface area contributed by atoms with Crippen LogP contribution in [0.5, 0.6) is 17.2 Å². The molecule has 0 saturated heterocycles. The average Bonchev–Trinajstić information content (AvgIpc) is 3.16. The lowest BCUT2D eigenvalue weighted by Gasteiger charge is -2.38. The zero-order valence-electron chi connectivity index (χ0n) is 16.4. The van der Waals surface area contributed by atoms with Crippen molar-refractivity contribution in [1.82, 2.24) is 4.90 Å². The first-order chi connectivity index (χ1) is 14.0. The Balaban J connectivity index is 1.66. The van der Waals surface area contributed by atoms with Crippen LogP contribution in [0.1, 0.15) is 29.2 Å². The van der Waals surface area contributed by atoms with Gasteiger partial charge in [-0.2, -0.15) is 0 Å². The van der Waals surface area contributed by atoms with E-state index in [4.69, 9.17) is 14.2 Å². The summed E-state index contributed by atoms with van der Waals surface area (Å²) in [5, 5.41) is 9.50. The number of hydrogen-bond acceptors (Lipinski definition) is 5. The molecule has 2 aliphatic rings. The standard InChI is InChI=1S/C22H23NO6/c1-27-18-9-13-7-8-23(16(12-21(24)25)15(13)11-19(18)28-2)22(26)20-10-14-5-3-4-6-17(14)29-20/h3-6,9,11,16,20H,7-8,10,12H2,1-2H3,(H,24,25)/t16-,20+/m0/s1. The van der Waals surface area contributed by atoms with Gasteiger partial charge in [-0.25, -0.2) is 0 Å². The van der Waals surface area contributed by atoms with E-state index in [1.165, 1.54) is 7.11 Å². The lowest BCUT2D eigenvalue weighted by molar-refractivity contribution is -0.144. The number of benzene rings is 2. The van der Waals surface area contributed by atoms with Crippen LogP contribution in [0.2, 0.25) is 0 Å². The van der Waals surface area contributed by atoms with E-state index in [1.54, 1.807) is 18.1 Å². The van der Waals surface area contributed by atoms with Crippen LogP contribution in [0, 0.1) is 0 Å². The number of carboxylic acid groups (broad SMARTS) is 1. The lowest BCUT2D eigenvalue weighted by atomic mass is 9.89. The second-order valence-corrected chi connectivity index (χ2v) is 7.22. The number of nitrogens with zero attached hydrogens (tertiary/aromatic N) is 1. The molecular formula is C22H23NO6. The van der Waals surface area contributed by atoms with E-state index in [0.717, 1.165) is 16.7 Å². The highest BCUT2D eigenvalue weighted by atomic mass is 16.5. The topological polar surface area (TPSA) is 85.3 Å². The quantitative estimate of drug-likeness (QED) is 0.835. The first-order valence-electron chi connectivity index (χ1n) is 9.53. The SMILES string of the molecule is COc1cc2c(cc1OC)[C@H](CC(=O)O)N(C(=O)[C@H]1Cc3ccccc3O1)CC2. The van der Waals surface area contributed by atoms with E-state index >= 15 is 0 Å². The minimum absolute atomic E-state index is 0.187. The maximum Gasteiger partial charge on any atom is 0.305 e. The number of carbonyl (C=O) groups is 2. The van der Waals surface area contributed by atoms with Crippen molar-refractivity contribution in [3.05, 3.63) is 53.1 Å². The second kappa shape index (κ2) is 7.66. The van der Waals surface area contributed by atoms with Crippen LogP contribution >= 0.6 is 0 Å². The Kier molecular flexibility index (Phi) is 5.05. The van der Waals surface area contributed by atoms with Crippen LogP contribution < -0.4 is 14.2 Å². The fraction of sp³-hybridized carbons (Fsp3) is 0.364. The van der Waals surface area contributed by atoms with Crippen molar-refractivity contribution >= 4 is 11.9 Å². The number of carbonyl (C=O) groups excluding carboxylic acids is 1. The molecule has 2 aliphatic heterocycles. The van der Waals surface area contributed by atoms with Crippen LogP contribution in [0.4, 0.5) is 0 Å². The zero-order chi connectivity index (χ0) is 20.5. The monoisotopic (exact) mass is 397 g/mol. The van der Waals surface area contributed by atoms with E-state index in [9.17, 15) is 14.7 Å². The Bertz CT molecular complexity index is 931.